The number of fused-ring (bicyclic) bond motifs is 1. The van der Waals surface area contributed by atoms with E-state index in [0.29, 0.717) is 24.2 Å². The number of nitrogens with one attached hydrogen (secondary N) is 1. The topological polar surface area (TPSA) is 131 Å². The van der Waals surface area contributed by atoms with E-state index in [4.69, 9.17) is 9.47 Å². The van der Waals surface area contributed by atoms with Crippen LogP contribution in [0.25, 0.3) is 0 Å². The van der Waals surface area contributed by atoms with Crippen molar-refractivity contribution >= 4 is 45.7 Å². The predicted molar refractivity (Wildman–Crippen MR) is 134 cm³/mol. The number of carbonyl (C=O) groups excluding carboxylic acids is 3. The highest BCUT2D eigenvalue weighted by Gasteiger charge is 2.32. The Morgan fingerprint density at radius 1 is 1.17 bits per heavy atom. The summed E-state index contributed by atoms with van der Waals surface area (Å²) in [6.45, 7) is 4.06. The zero-order valence-electron chi connectivity index (χ0n) is 20.2. The maximum atomic E-state index is 13.1. The van der Waals surface area contributed by atoms with Gasteiger partial charge in [-0.2, -0.15) is 0 Å². The minimum Gasteiger partial charge on any atom is -0.465 e. The molecule has 0 aliphatic carbocycles. The van der Waals surface area contributed by atoms with Crippen LogP contribution < -0.4 is 10.2 Å². The molecule has 2 aliphatic rings. The van der Waals surface area contributed by atoms with Crippen molar-refractivity contribution in [1.82, 2.24) is 4.90 Å². The molecule has 2 aliphatic heterocycles. The van der Waals surface area contributed by atoms with E-state index in [0.717, 1.165) is 37.2 Å². The van der Waals surface area contributed by atoms with Crippen molar-refractivity contribution < 1.29 is 28.8 Å². The number of hydrogen-bond donors (Lipinski definition) is 1. The number of methoxy groups -OCH3 is 1. The highest BCUT2D eigenvalue weighted by atomic mass is 32.1. The molecule has 3 heterocycles. The molecule has 192 valence electrons. The van der Waals surface area contributed by atoms with Crippen molar-refractivity contribution in [2.75, 3.05) is 43.6 Å². The van der Waals surface area contributed by atoms with Crippen molar-refractivity contribution in [3.05, 3.63) is 49.9 Å². The van der Waals surface area contributed by atoms with E-state index < -0.39 is 22.9 Å². The minimum absolute atomic E-state index is 0.109. The molecule has 2 amide bonds. The largest absolute Gasteiger partial charge is 0.465 e. The van der Waals surface area contributed by atoms with Crippen LogP contribution in [0.3, 0.4) is 0 Å². The Morgan fingerprint density at radius 2 is 1.92 bits per heavy atom. The summed E-state index contributed by atoms with van der Waals surface area (Å²) in [5.41, 5.74) is 1.44. The lowest BCUT2D eigenvalue weighted by Crippen LogP contribution is -2.36. The van der Waals surface area contributed by atoms with Crippen LogP contribution in [0.4, 0.5) is 21.2 Å². The zero-order chi connectivity index (χ0) is 25.8. The Morgan fingerprint density at radius 3 is 2.58 bits per heavy atom. The number of nitrogens with zero attached hydrogens (tertiary/aromatic N) is 3. The molecule has 2 aromatic rings. The first kappa shape index (κ1) is 25.4. The van der Waals surface area contributed by atoms with Crippen molar-refractivity contribution in [3.63, 3.8) is 0 Å². The molecule has 0 unspecified atom stereocenters. The minimum atomic E-state index is -0.598. The molecule has 1 fully saturated rings. The van der Waals surface area contributed by atoms with Gasteiger partial charge in [0.1, 0.15) is 10.7 Å². The third kappa shape index (κ3) is 5.13. The second-order valence-electron chi connectivity index (χ2n) is 8.53. The number of carbonyl (C=O) groups is 3. The zero-order valence-corrected chi connectivity index (χ0v) is 21.0. The number of nitro groups is 1. The fraction of sp³-hybridized carbons (Fsp3) is 0.458. The number of rotatable bonds is 6. The van der Waals surface area contributed by atoms with Crippen LogP contribution in [0.1, 0.15) is 57.3 Å². The lowest BCUT2D eigenvalue weighted by molar-refractivity contribution is -0.384. The lowest BCUT2D eigenvalue weighted by atomic mass is 10.0. The van der Waals surface area contributed by atoms with Crippen molar-refractivity contribution in [2.45, 2.75) is 39.2 Å². The van der Waals surface area contributed by atoms with E-state index in [1.807, 2.05) is 4.90 Å². The summed E-state index contributed by atoms with van der Waals surface area (Å²) in [4.78, 5) is 53.5. The van der Waals surface area contributed by atoms with Crippen molar-refractivity contribution in [2.24, 2.45) is 0 Å². The smallest absolute Gasteiger partial charge is 0.410 e. The average molecular weight is 517 g/mol. The van der Waals surface area contributed by atoms with E-state index in [2.05, 4.69) is 5.32 Å². The van der Waals surface area contributed by atoms with Gasteiger partial charge in [0.05, 0.1) is 30.7 Å². The van der Waals surface area contributed by atoms with E-state index >= 15 is 0 Å². The number of ether oxygens (including phenoxy) is 2. The first-order valence-electron chi connectivity index (χ1n) is 11.8. The average Bonchev–Trinajstić information content (AvgIpc) is 3.25. The molecule has 1 aromatic carbocycles. The highest BCUT2D eigenvalue weighted by Crippen LogP contribution is 2.38. The number of hydrogen-bond acceptors (Lipinski definition) is 9. The first-order chi connectivity index (χ1) is 17.3. The van der Waals surface area contributed by atoms with Gasteiger partial charge in [-0.1, -0.05) is 0 Å². The number of benzene rings is 1. The van der Waals surface area contributed by atoms with Gasteiger partial charge in [0.25, 0.3) is 11.6 Å². The molecule has 36 heavy (non-hydrogen) atoms. The molecule has 0 saturated carbocycles. The second kappa shape index (κ2) is 10.9. The molecule has 11 nitrogen and oxygen atoms in total. The number of anilines is 2. The van der Waals surface area contributed by atoms with Gasteiger partial charge in [0, 0.05) is 36.1 Å². The van der Waals surface area contributed by atoms with E-state index in [-0.39, 0.29) is 35.0 Å². The molecular weight excluding hydrogens is 488 g/mol. The van der Waals surface area contributed by atoms with E-state index in [1.165, 1.54) is 29.4 Å². The van der Waals surface area contributed by atoms with Crippen LogP contribution in [0.15, 0.2) is 18.2 Å². The van der Waals surface area contributed by atoms with Gasteiger partial charge < -0.3 is 24.6 Å². The molecular formula is C24H28N4O7S. The molecule has 1 aromatic heterocycles. The van der Waals surface area contributed by atoms with E-state index in [9.17, 15) is 24.5 Å². The van der Waals surface area contributed by atoms with Gasteiger partial charge in [-0.3, -0.25) is 14.9 Å². The Hall–Kier alpha value is -3.67. The van der Waals surface area contributed by atoms with Gasteiger partial charge in [-0.05, 0) is 50.3 Å². The SMILES string of the molecule is CCOC(=O)N1CCc2c(sc(NC(=O)c3ccc(N4CCCCC4)c([N+](=O)[O-])c3)c2C(=O)OC)C1. The summed E-state index contributed by atoms with van der Waals surface area (Å²) in [6.07, 6.45) is 2.98. The number of amides is 2. The van der Waals surface area contributed by atoms with Crippen LogP contribution in [-0.4, -0.2) is 61.1 Å². The van der Waals surface area contributed by atoms with Crippen LogP contribution in [-0.2, 0) is 22.4 Å². The second-order valence-corrected chi connectivity index (χ2v) is 9.64. The number of piperidine rings is 1. The molecule has 0 radical (unpaired) electrons. The number of thiophene rings is 1. The molecule has 12 heteroatoms. The van der Waals surface area contributed by atoms with Crippen LogP contribution in [0.5, 0.6) is 0 Å². The summed E-state index contributed by atoms with van der Waals surface area (Å²) in [7, 11) is 1.26. The Bertz CT molecular complexity index is 1190. The van der Waals surface area contributed by atoms with Gasteiger partial charge in [0.2, 0.25) is 0 Å². The van der Waals surface area contributed by atoms with Gasteiger partial charge in [-0.25, -0.2) is 9.59 Å². The third-order valence-electron chi connectivity index (χ3n) is 6.33. The van der Waals surface area contributed by atoms with Crippen LogP contribution in [0.2, 0.25) is 0 Å². The summed E-state index contributed by atoms with van der Waals surface area (Å²) in [6, 6.07) is 4.43. The Balaban J connectivity index is 1.61. The number of esters is 1. The molecule has 0 spiro atoms. The summed E-state index contributed by atoms with van der Waals surface area (Å²) in [5, 5.41) is 14.8. The predicted octanol–water partition coefficient (Wildman–Crippen LogP) is 4.20. The quantitative estimate of drug-likeness (QED) is 0.343. The molecule has 0 atom stereocenters. The molecule has 1 saturated heterocycles. The molecule has 4 rings (SSSR count). The van der Waals surface area contributed by atoms with Crippen molar-refractivity contribution in [1.29, 1.82) is 0 Å². The molecule has 0 bridgehead atoms. The van der Waals surface area contributed by atoms with Gasteiger partial charge >= 0.3 is 12.1 Å². The van der Waals surface area contributed by atoms with Crippen LogP contribution in [0, 0.1) is 10.1 Å². The summed E-state index contributed by atoms with van der Waals surface area (Å²) < 4.78 is 10.0. The van der Waals surface area contributed by atoms with Gasteiger partial charge in [-0.15, -0.1) is 11.3 Å². The van der Waals surface area contributed by atoms with Crippen molar-refractivity contribution in [3.8, 4) is 0 Å². The Kier molecular flexibility index (Phi) is 7.73. The maximum Gasteiger partial charge on any atom is 0.410 e. The third-order valence-corrected chi connectivity index (χ3v) is 7.46. The fourth-order valence-electron chi connectivity index (χ4n) is 4.57. The first-order valence-corrected chi connectivity index (χ1v) is 12.6. The standard InChI is InChI=1S/C24H28N4O7S/c1-3-35-24(31)27-12-9-16-19(14-27)36-22(20(16)23(30)34-2)25-21(29)15-7-8-17(18(13-15)28(32)33)26-10-5-4-6-11-26/h7-8,13H,3-6,9-12,14H2,1-2H3,(H,25,29). The lowest BCUT2D eigenvalue weighted by Gasteiger charge is -2.28. The fourth-order valence-corrected chi connectivity index (χ4v) is 5.82. The molecule has 1 N–H and O–H groups in total. The van der Waals surface area contributed by atoms with Gasteiger partial charge in [0.15, 0.2) is 0 Å². The normalized spacial score (nSPS) is 15.2. The summed E-state index contributed by atoms with van der Waals surface area (Å²) in [5.74, 6) is -1.17. The summed E-state index contributed by atoms with van der Waals surface area (Å²) >= 11 is 1.18. The Labute approximate surface area is 212 Å². The highest BCUT2D eigenvalue weighted by molar-refractivity contribution is 7.17. The maximum absolute atomic E-state index is 13.1. The number of nitro benzene ring substituents is 1. The van der Waals surface area contributed by atoms with Crippen LogP contribution >= 0.6 is 11.3 Å². The monoisotopic (exact) mass is 516 g/mol. The van der Waals surface area contributed by atoms with E-state index in [1.54, 1.807) is 19.1 Å².